The minimum absolute atomic E-state index is 0.0172. The number of carbonyl (C=O) groups is 1. The largest absolute Gasteiger partial charge is 0.444 e. The van der Waals surface area contributed by atoms with Gasteiger partial charge in [-0.3, -0.25) is 4.90 Å². The van der Waals surface area contributed by atoms with Gasteiger partial charge in [-0.15, -0.1) is 0 Å². The SMILES string of the molecule is CC(C)(C)OC(=O)N1C[C@H](O[Si](C)(C)C(C)(C)C)C[C@@]1(C)c1ccccc1. The number of benzene rings is 1. The zero-order chi connectivity index (χ0) is 20.7. The van der Waals surface area contributed by atoms with Crippen LogP contribution in [0.5, 0.6) is 0 Å². The Bertz CT molecular complexity index is 660. The van der Waals surface area contributed by atoms with E-state index in [1.165, 1.54) is 0 Å². The Hall–Kier alpha value is -1.33. The van der Waals surface area contributed by atoms with Crippen molar-refractivity contribution in [2.45, 2.75) is 90.3 Å². The number of nitrogens with zero attached hydrogens (tertiary/aromatic N) is 1. The van der Waals surface area contributed by atoms with E-state index in [0.717, 1.165) is 12.0 Å². The molecule has 2 atom stereocenters. The normalized spacial score (nSPS) is 24.2. The smallest absolute Gasteiger partial charge is 0.411 e. The van der Waals surface area contributed by atoms with Gasteiger partial charge in [0.2, 0.25) is 0 Å². The first-order chi connectivity index (χ1) is 12.2. The van der Waals surface area contributed by atoms with Gasteiger partial charge in [0.1, 0.15) is 5.60 Å². The van der Waals surface area contributed by atoms with Crippen molar-refractivity contribution >= 4 is 14.4 Å². The minimum atomic E-state index is -1.92. The molecule has 1 amide bonds. The van der Waals surface area contributed by atoms with Crippen molar-refractivity contribution in [3.8, 4) is 0 Å². The summed E-state index contributed by atoms with van der Waals surface area (Å²) < 4.78 is 12.4. The van der Waals surface area contributed by atoms with Crippen molar-refractivity contribution in [2.75, 3.05) is 6.54 Å². The van der Waals surface area contributed by atoms with Gasteiger partial charge in [-0.05, 0) is 51.4 Å². The van der Waals surface area contributed by atoms with Crippen LogP contribution in [0.4, 0.5) is 4.79 Å². The molecule has 0 spiro atoms. The Kier molecular flexibility index (Phi) is 5.89. The zero-order valence-corrected chi connectivity index (χ0v) is 19.6. The molecular formula is C22H37NO3Si. The first-order valence-electron chi connectivity index (χ1n) is 9.90. The van der Waals surface area contributed by atoms with E-state index < -0.39 is 19.5 Å². The molecule has 0 unspecified atom stereocenters. The highest BCUT2D eigenvalue weighted by atomic mass is 28.4. The molecule has 1 aromatic carbocycles. The topological polar surface area (TPSA) is 38.8 Å². The van der Waals surface area contributed by atoms with Crippen molar-refractivity contribution in [1.82, 2.24) is 4.90 Å². The van der Waals surface area contributed by atoms with Crippen LogP contribution in [0.15, 0.2) is 30.3 Å². The van der Waals surface area contributed by atoms with Crippen LogP contribution in [0.25, 0.3) is 0 Å². The molecule has 0 bridgehead atoms. The molecule has 1 aliphatic rings. The molecule has 27 heavy (non-hydrogen) atoms. The summed E-state index contributed by atoms with van der Waals surface area (Å²) in [5.41, 5.74) is 0.168. The Morgan fingerprint density at radius 3 is 2.15 bits per heavy atom. The third kappa shape index (κ3) is 4.94. The predicted octanol–water partition coefficient (Wildman–Crippen LogP) is 5.93. The van der Waals surface area contributed by atoms with E-state index in [1.807, 2.05) is 43.9 Å². The van der Waals surface area contributed by atoms with Gasteiger partial charge < -0.3 is 9.16 Å². The molecule has 1 aliphatic heterocycles. The van der Waals surface area contributed by atoms with E-state index in [9.17, 15) is 4.79 Å². The van der Waals surface area contributed by atoms with Gasteiger partial charge in [0.25, 0.3) is 0 Å². The lowest BCUT2D eigenvalue weighted by Crippen LogP contribution is -2.46. The number of likely N-dealkylation sites (tertiary alicyclic amines) is 1. The van der Waals surface area contributed by atoms with Gasteiger partial charge >= 0.3 is 6.09 Å². The van der Waals surface area contributed by atoms with E-state index in [4.69, 9.17) is 9.16 Å². The average Bonchev–Trinajstić information content (AvgIpc) is 2.82. The summed E-state index contributed by atoms with van der Waals surface area (Å²) in [6.45, 7) is 19.7. The van der Waals surface area contributed by atoms with E-state index >= 15 is 0 Å². The Balaban J connectivity index is 2.33. The lowest BCUT2D eigenvalue weighted by Gasteiger charge is -2.38. The van der Waals surface area contributed by atoms with Gasteiger partial charge in [0.05, 0.1) is 11.6 Å². The first kappa shape index (κ1) is 22.0. The van der Waals surface area contributed by atoms with Crippen molar-refractivity contribution in [3.05, 3.63) is 35.9 Å². The monoisotopic (exact) mass is 391 g/mol. The number of ether oxygens (including phenoxy) is 1. The van der Waals surface area contributed by atoms with E-state index in [2.05, 4.69) is 52.9 Å². The summed E-state index contributed by atoms with van der Waals surface area (Å²) in [7, 11) is -1.92. The van der Waals surface area contributed by atoms with Crippen molar-refractivity contribution in [3.63, 3.8) is 0 Å². The van der Waals surface area contributed by atoms with Crippen LogP contribution >= 0.6 is 0 Å². The molecule has 0 radical (unpaired) electrons. The quantitative estimate of drug-likeness (QED) is 0.599. The molecule has 2 rings (SSSR count). The highest BCUT2D eigenvalue weighted by Crippen LogP contribution is 2.44. The summed E-state index contributed by atoms with van der Waals surface area (Å²) in [6.07, 6.45) is 0.529. The molecular weight excluding hydrogens is 354 g/mol. The lowest BCUT2D eigenvalue weighted by molar-refractivity contribution is 0.00918. The summed E-state index contributed by atoms with van der Waals surface area (Å²) >= 11 is 0. The maximum Gasteiger partial charge on any atom is 0.411 e. The van der Waals surface area contributed by atoms with E-state index in [-0.39, 0.29) is 17.2 Å². The summed E-state index contributed by atoms with van der Waals surface area (Å²) in [6, 6.07) is 10.2. The summed E-state index contributed by atoms with van der Waals surface area (Å²) in [5.74, 6) is 0. The standard InChI is InChI=1S/C22H37NO3Si/c1-20(2,3)25-19(24)23-16-18(26-27(8,9)21(4,5)6)15-22(23,7)17-13-11-10-12-14-17/h10-14,18H,15-16H2,1-9H3/t18-,22+/m1/s1. The summed E-state index contributed by atoms with van der Waals surface area (Å²) in [4.78, 5) is 14.9. The van der Waals surface area contributed by atoms with Crippen molar-refractivity contribution in [1.29, 1.82) is 0 Å². The second-order valence-electron chi connectivity index (χ2n) is 10.4. The van der Waals surface area contributed by atoms with Gasteiger partial charge in [-0.2, -0.15) is 0 Å². The van der Waals surface area contributed by atoms with Gasteiger partial charge in [0.15, 0.2) is 8.32 Å². The Morgan fingerprint density at radius 1 is 1.11 bits per heavy atom. The third-order valence-electron chi connectivity index (χ3n) is 5.88. The molecule has 5 heteroatoms. The third-order valence-corrected chi connectivity index (χ3v) is 10.4. The average molecular weight is 392 g/mol. The number of amides is 1. The second kappa shape index (κ2) is 7.25. The second-order valence-corrected chi connectivity index (χ2v) is 15.2. The van der Waals surface area contributed by atoms with Crippen LogP contribution in [0.3, 0.4) is 0 Å². The number of carbonyl (C=O) groups excluding carboxylic acids is 1. The van der Waals surface area contributed by atoms with Crippen LogP contribution in [0.1, 0.15) is 60.5 Å². The van der Waals surface area contributed by atoms with Crippen LogP contribution < -0.4 is 0 Å². The predicted molar refractivity (Wildman–Crippen MR) is 113 cm³/mol. The highest BCUT2D eigenvalue weighted by Gasteiger charge is 2.50. The maximum absolute atomic E-state index is 13.0. The molecule has 1 fully saturated rings. The maximum atomic E-state index is 13.0. The van der Waals surface area contributed by atoms with Crippen molar-refractivity contribution < 1.29 is 14.0 Å². The van der Waals surface area contributed by atoms with Crippen LogP contribution in [0.2, 0.25) is 18.1 Å². The highest BCUT2D eigenvalue weighted by molar-refractivity contribution is 6.74. The summed E-state index contributed by atoms with van der Waals surface area (Å²) in [5, 5.41) is 0.134. The molecule has 0 aliphatic carbocycles. The van der Waals surface area contributed by atoms with E-state index in [1.54, 1.807) is 0 Å². The molecule has 1 heterocycles. The lowest BCUT2D eigenvalue weighted by atomic mass is 9.89. The number of hydrogen-bond acceptors (Lipinski definition) is 3. The van der Waals surface area contributed by atoms with Gasteiger partial charge in [-0.25, -0.2) is 4.79 Å². The van der Waals surface area contributed by atoms with E-state index in [0.29, 0.717) is 6.54 Å². The van der Waals surface area contributed by atoms with Gasteiger partial charge in [-0.1, -0.05) is 51.1 Å². The Labute approximate surface area is 166 Å². The van der Waals surface area contributed by atoms with Crippen LogP contribution in [0, 0.1) is 0 Å². The fraction of sp³-hybridized carbons (Fsp3) is 0.682. The molecule has 1 saturated heterocycles. The van der Waals surface area contributed by atoms with Gasteiger partial charge in [0, 0.05) is 13.0 Å². The number of hydrogen-bond donors (Lipinski definition) is 0. The fourth-order valence-electron chi connectivity index (χ4n) is 3.36. The van der Waals surface area contributed by atoms with Crippen LogP contribution in [-0.4, -0.2) is 37.6 Å². The Morgan fingerprint density at radius 2 is 1.67 bits per heavy atom. The molecule has 152 valence electrons. The zero-order valence-electron chi connectivity index (χ0n) is 18.6. The molecule has 4 nitrogen and oxygen atoms in total. The number of rotatable bonds is 3. The minimum Gasteiger partial charge on any atom is -0.444 e. The van der Waals surface area contributed by atoms with Crippen LogP contribution in [-0.2, 0) is 14.7 Å². The first-order valence-corrected chi connectivity index (χ1v) is 12.8. The molecule has 0 aromatic heterocycles. The molecule has 1 aromatic rings. The van der Waals surface area contributed by atoms with Crippen molar-refractivity contribution in [2.24, 2.45) is 0 Å². The molecule has 0 saturated carbocycles. The fourth-order valence-corrected chi connectivity index (χ4v) is 4.70. The molecule has 0 N–H and O–H groups in total.